The molecular formula is C18H25N3O3. The number of aliphatic hydroxyl groups excluding tert-OH is 1. The van der Waals surface area contributed by atoms with Gasteiger partial charge in [0.2, 0.25) is 11.8 Å². The topological polar surface area (TPSA) is 64.1 Å². The van der Waals surface area contributed by atoms with E-state index in [-0.39, 0.29) is 24.3 Å². The number of β-amino-alcohol motifs (C(OH)–C–C–N with tert-alkyl or cyclic N) is 1. The molecule has 1 atom stereocenters. The number of piperazine rings is 1. The molecule has 0 aromatic heterocycles. The van der Waals surface area contributed by atoms with E-state index in [1.54, 1.807) is 4.90 Å². The third-order valence-corrected chi connectivity index (χ3v) is 4.88. The van der Waals surface area contributed by atoms with Crippen LogP contribution >= 0.6 is 0 Å². The van der Waals surface area contributed by atoms with Crippen molar-refractivity contribution in [3.05, 3.63) is 35.9 Å². The molecule has 1 aromatic rings. The van der Waals surface area contributed by atoms with Gasteiger partial charge in [0, 0.05) is 52.2 Å². The third-order valence-electron chi connectivity index (χ3n) is 4.88. The van der Waals surface area contributed by atoms with Crippen LogP contribution in [0.5, 0.6) is 0 Å². The molecule has 2 aliphatic heterocycles. The van der Waals surface area contributed by atoms with Crippen LogP contribution in [0.4, 0.5) is 0 Å². The van der Waals surface area contributed by atoms with Crippen LogP contribution in [0, 0.1) is 5.92 Å². The Morgan fingerprint density at radius 3 is 2.50 bits per heavy atom. The zero-order chi connectivity index (χ0) is 16.9. The van der Waals surface area contributed by atoms with Gasteiger partial charge in [0.05, 0.1) is 12.5 Å². The first kappa shape index (κ1) is 16.9. The van der Waals surface area contributed by atoms with E-state index in [2.05, 4.69) is 4.90 Å². The molecule has 0 bridgehead atoms. The van der Waals surface area contributed by atoms with Crippen molar-refractivity contribution >= 4 is 11.8 Å². The van der Waals surface area contributed by atoms with Crippen molar-refractivity contribution in [2.45, 2.75) is 13.0 Å². The number of amides is 2. The Balaban J connectivity index is 1.53. The molecule has 2 aliphatic rings. The smallest absolute Gasteiger partial charge is 0.228 e. The highest BCUT2D eigenvalue weighted by Gasteiger charge is 2.37. The summed E-state index contributed by atoms with van der Waals surface area (Å²) < 4.78 is 0. The van der Waals surface area contributed by atoms with Gasteiger partial charge in [-0.2, -0.15) is 0 Å². The molecule has 1 N–H and O–H groups in total. The van der Waals surface area contributed by atoms with Crippen molar-refractivity contribution in [1.82, 2.24) is 14.7 Å². The van der Waals surface area contributed by atoms with Gasteiger partial charge in [0.15, 0.2) is 0 Å². The molecule has 2 heterocycles. The summed E-state index contributed by atoms with van der Waals surface area (Å²) in [5, 5.41) is 8.98. The average molecular weight is 331 g/mol. The largest absolute Gasteiger partial charge is 0.395 e. The fourth-order valence-electron chi connectivity index (χ4n) is 3.49. The summed E-state index contributed by atoms with van der Waals surface area (Å²) >= 11 is 0. The third kappa shape index (κ3) is 3.94. The molecule has 2 saturated heterocycles. The minimum Gasteiger partial charge on any atom is -0.395 e. The summed E-state index contributed by atoms with van der Waals surface area (Å²) in [5.74, 6) is -0.0516. The van der Waals surface area contributed by atoms with Gasteiger partial charge in [-0.25, -0.2) is 0 Å². The second-order valence-electron chi connectivity index (χ2n) is 6.55. The molecular weight excluding hydrogens is 306 g/mol. The van der Waals surface area contributed by atoms with Crippen molar-refractivity contribution in [3.8, 4) is 0 Å². The van der Waals surface area contributed by atoms with Crippen molar-refractivity contribution in [3.63, 3.8) is 0 Å². The van der Waals surface area contributed by atoms with Gasteiger partial charge in [0.1, 0.15) is 0 Å². The molecule has 3 rings (SSSR count). The quantitative estimate of drug-likeness (QED) is 0.836. The van der Waals surface area contributed by atoms with Crippen LogP contribution < -0.4 is 0 Å². The van der Waals surface area contributed by atoms with Crippen LogP contribution in [-0.4, -0.2) is 77.5 Å². The highest BCUT2D eigenvalue weighted by atomic mass is 16.3. The van der Waals surface area contributed by atoms with Crippen molar-refractivity contribution in [2.24, 2.45) is 5.92 Å². The van der Waals surface area contributed by atoms with Crippen LogP contribution in [-0.2, 0) is 16.1 Å². The van der Waals surface area contributed by atoms with E-state index in [1.807, 2.05) is 35.2 Å². The summed E-state index contributed by atoms with van der Waals surface area (Å²) in [6, 6.07) is 9.89. The number of likely N-dealkylation sites (tertiary alicyclic amines) is 1. The Bertz CT molecular complexity index is 570. The van der Waals surface area contributed by atoms with E-state index < -0.39 is 0 Å². The predicted molar refractivity (Wildman–Crippen MR) is 90.1 cm³/mol. The summed E-state index contributed by atoms with van der Waals surface area (Å²) in [4.78, 5) is 30.7. The van der Waals surface area contributed by atoms with Gasteiger partial charge in [-0.15, -0.1) is 0 Å². The lowest BCUT2D eigenvalue weighted by atomic mass is 10.1. The molecule has 2 fully saturated rings. The maximum atomic E-state index is 12.7. The summed E-state index contributed by atoms with van der Waals surface area (Å²) in [5.41, 5.74) is 1.09. The van der Waals surface area contributed by atoms with Gasteiger partial charge in [-0.1, -0.05) is 30.3 Å². The molecule has 0 spiro atoms. The van der Waals surface area contributed by atoms with Gasteiger partial charge in [0.25, 0.3) is 0 Å². The zero-order valence-corrected chi connectivity index (χ0v) is 13.9. The molecule has 0 saturated carbocycles. The lowest BCUT2D eigenvalue weighted by molar-refractivity contribution is -0.137. The van der Waals surface area contributed by atoms with Crippen molar-refractivity contribution < 1.29 is 14.7 Å². The van der Waals surface area contributed by atoms with Crippen molar-refractivity contribution in [2.75, 3.05) is 45.9 Å². The monoisotopic (exact) mass is 331 g/mol. The first-order valence-electron chi connectivity index (χ1n) is 8.61. The minimum absolute atomic E-state index is 0.0659. The summed E-state index contributed by atoms with van der Waals surface area (Å²) in [6.45, 7) is 4.86. The van der Waals surface area contributed by atoms with Crippen LogP contribution in [0.2, 0.25) is 0 Å². The van der Waals surface area contributed by atoms with Crippen molar-refractivity contribution in [1.29, 1.82) is 0 Å². The lowest BCUT2D eigenvalue weighted by Gasteiger charge is -2.35. The Kier molecular flexibility index (Phi) is 5.48. The minimum atomic E-state index is -0.217. The van der Waals surface area contributed by atoms with E-state index in [4.69, 9.17) is 5.11 Å². The number of aliphatic hydroxyl groups is 1. The number of carbonyl (C=O) groups is 2. The predicted octanol–water partition coefficient (Wildman–Crippen LogP) is 0.172. The number of rotatable bonds is 5. The molecule has 24 heavy (non-hydrogen) atoms. The second-order valence-corrected chi connectivity index (χ2v) is 6.55. The number of nitrogens with zero attached hydrogens (tertiary/aromatic N) is 3. The number of hydrogen-bond acceptors (Lipinski definition) is 4. The Hall–Kier alpha value is -1.92. The normalized spacial score (nSPS) is 22.2. The summed E-state index contributed by atoms with van der Waals surface area (Å²) in [7, 11) is 0. The fraction of sp³-hybridized carbons (Fsp3) is 0.556. The van der Waals surface area contributed by atoms with E-state index in [0.717, 1.165) is 18.7 Å². The highest BCUT2D eigenvalue weighted by molar-refractivity contribution is 5.89. The number of hydrogen-bond donors (Lipinski definition) is 1. The fourth-order valence-corrected chi connectivity index (χ4v) is 3.49. The van der Waals surface area contributed by atoms with E-state index >= 15 is 0 Å². The molecule has 1 unspecified atom stereocenters. The first-order chi connectivity index (χ1) is 11.7. The maximum Gasteiger partial charge on any atom is 0.228 e. The number of benzene rings is 1. The van der Waals surface area contributed by atoms with Gasteiger partial charge in [-0.05, 0) is 5.56 Å². The molecule has 6 heteroatoms. The molecule has 2 amide bonds. The second kappa shape index (κ2) is 7.77. The zero-order valence-electron chi connectivity index (χ0n) is 13.9. The first-order valence-corrected chi connectivity index (χ1v) is 8.61. The summed E-state index contributed by atoms with van der Waals surface area (Å²) in [6.07, 6.45) is 0.322. The Labute approximate surface area is 142 Å². The standard InChI is InChI=1S/C18H25N3O3/c22-11-10-19-6-8-20(9-7-19)18(24)16-12-17(23)21(14-16)13-15-4-2-1-3-5-15/h1-5,16,22H,6-14H2. The van der Waals surface area contributed by atoms with Gasteiger partial charge < -0.3 is 14.9 Å². The van der Waals surface area contributed by atoms with Gasteiger partial charge in [-0.3, -0.25) is 14.5 Å². The average Bonchev–Trinajstić information content (AvgIpc) is 2.97. The van der Waals surface area contributed by atoms with Crippen LogP contribution in [0.15, 0.2) is 30.3 Å². The Morgan fingerprint density at radius 2 is 1.83 bits per heavy atom. The van der Waals surface area contributed by atoms with Crippen LogP contribution in [0.3, 0.4) is 0 Å². The molecule has 0 aliphatic carbocycles. The molecule has 0 radical (unpaired) electrons. The highest BCUT2D eigenvalue weighted by Crippen LogP contribution is 2.22. The lowest BCUT2D eigenvalue weighted by Crippen LogP contribution is -2.51. The van der Waals surface area contributed by atoms with E-state index in [1.165, 1.54) is 0 Å². The van der Waals surface area contributed by atoms with E-state index in [9.17, 15) is 9.59 Å². The Morgan fingerprint density at radius 1 is 1.12 bits per heavy atom. The number of carbonyl (C=O) groups excluding carboxylic acids is 2. The van der Waals surface area contributed by atoms with Crippen LogP contribution in [0.25, 0.3) is 0 Å². The van der Waals surface area contributed by atoms with E-state index in [0.29, 0.717) is 39.1 Å². The maximum absolute atomic E-state index is 12.7. The molecule has 6 nitrogen and oxygen atoms in total. The van der Waals surface area contributed by atoms with Gasteiger partial charge >= 0.3 is 0 Å². The molecule has 130 valence electrons. The SMILES string of the molecule is O=C1CC(C(=O)N2CCN(CCO)CC2)CN1Cc1ccccc1. The van der Waals surface area contributed by atoms with Crippen LogP contribution in [0.1, 0.15) is 12.0 Å². The molecule has 1 aromatic carbocycles.